The van der Waals surface area contributed by atoms with Crippen LogP contribution in [0.15, 0.2) is 0 Å². The Morgan fingerprint density at radius 1 is 1.33 bits per heavy atom. The van der Waals surface area contributed by atoms with E-state index in [-0.39, 0.29) is 0 Å². The first-order chi connectivity index (χ1) is 5.69. The number of hydrogen-bond acceptors (Lipinski definition) is 1. The summed E-state index contributed by atoms with van der Waals surface area (Å²) < 4.78 is 0. The summed E-state index contributed by atoms with van der Waals surface area (Å²) in [6.45, 7) is 9.07. The van der Waals surface area contributed by atoms with Gasteiger partial charge < -0.3 is 0 Å². The minimum Gasteiger partial charge on any atom is -0.299 e. The fraction of sp³-hybridized carbons (Fsp3) is 1.00. The van der Waals surface area contributed by atoms with Crippen molar-refractivity contribution in [1.29, 1.82) is 0 Å². The van der Waals surface area contributed by atoms with E-state index in [2.05, 4.69) is 25.7 Å². The van der Waals surface area contributed by atoms with Crippen molar-refractivity contribution in [3.05, 3.63) is 0 Å². The van der Waals surface area contributed by atoms with Gasteiger partial charge in [-0.05, 0) is 18.8 Å². The average Bonchev–Trinajstić information content (AvgIpc) is 2.35. The molecule has 0 aliphatic carbocycles. The molecule has 0 saturated carbocycles. The summed E-state index contributed by atoms with van der Waals surface area (Å²) in [5, 5.41) is 0.380. The highest BCUT2D eigenvalue weighted by atomic mass is 35.5. The molecule has 2 heteroatoms. The van der Waals surface area contributed by atoms with Gasteiger partial charge in [0.2, 0.25) is 0 Å². The largest absolute Gasteiger partial charge is 0.299 e. The van der Waals surface area contributed by atoms with E-state index in [1.54, 1.807) is 0 Å². The molecule has 1 nitrogen and oxygen atoms in total. The van der Waals surface area contributed by atoms with Crippen LogP contribution in [0.5, 0.6) is 0 Å². The molecule has 0 spiro atoms. The SMILES string of the molecule is CCC(CC)N1CC(C)C(Cl)C1. The maximum Gasteiger partial charge on any atom is 0.0501 e. The molecule has 1 saturated heterocycles. The van der Waals surface area contributed by atoms with Gasteiger partial charge in [0.15, 0.2) is 0 Å². The first kappa shape index (κ1) is 10.3. The van der Waals surface area contributed by atoms with Crippen molar-refractivity contribution in [3.8, 4) is 0 Å². The van der Waals surface area contributed by atoms with E-state index < -0.39 is 0 Å². The second kappa shape index (κ2) is 4.48. The van der Waals surface area contributed by atoms with Gasteiger partial charge in [-0.15, -0.1) is 11.6 Å². The quantitative estimate of drug-likeness (QED) is 0.618. The zero-order chi connectivity index (χ0) is 9.14. The Balaban J connectivity index is 2.44. The van der Waals surface area contributed by atoms with Crippen LogP contribution in [0.2, 0.25) is 0 Å². The van der Waals surface area contributed by atoms with Gasteiger partial charge >= 0.3 is 0 Å². The fourth-order valence-corrected chi connectivity index (χ4v) is 2.32. The zero-order valence-electron chi connectivity index (χ0n) is 8.39. The molecular formula is C10H20ClN. The summed E-state index contributed by atoms with van der Waals surface area (Å²) in [7, 11) is 0. The van der Waals surface area contributed by atoms with Crippen LogP contribution in [0.25, 0.3) is 0 Å². The molecule has 0 aromatic carbocycles. The summed E-state index contributed by atoms with van der Waals surface area (Å²) >= 11 is 6.17. The van der Waals surface area contributed by atoms with E-state index in [0.717, 1.165) is 12.6 Å². The Kier molecular flexibility index (Phi) is 3.85. The summed E-state index contributed by atoms with van der Waals surface area (Å²) in [5.74, 6) is 0.673. The van der Waals surface area contributed by atoms with Crippen molar-refractivity contribution < 1.29 is 0 Å². The molecule has 1 aliphatic heterocycles. The van der Waals surface area contributed by atoms with Crippen LogP contribution >= 0.6 is 11.6 Å². The van der Waals surface area contributed by atoms with Gasteiger partial charge in [0.05, 0.1) is 5.38 Å². The Bertz CT molecular complexity index is 124. The Morgan fingerprint density at radius 3 is 2.25 bits per heavy atom. The number of rotatable bonds is 3. The van der Waals surface area contributed by atoms with Gasteiger partial charge in [0.1, 0.15) is 0 Å². The lowest BCUT2D eigenvalue weighted by molar-refractivity contribution is 0.224. The zero-order valence-corrected chi connectivity index (χ0v) is 9.14. The number of likely N-dealkylation sites (tertiary alicyclic amines) is 1. The highest BCUT2D eigenvalue weighted by Gasteiger charge is 2.30. The second-order valence-corrected chi connectivity index (χ2v) is 4.48. The van der Waals surface area contributed by atoms with Crippen molar-refractivity contribution in [2.75, 3.05) is 13.1 Å². The minimum atomic E-state index is 0.380. The van der Waals surface area contributed by atoms with Crippen LogP contribution in [-0.2, 0) is 0 Å². The molecule has 0 amide bonds. The number of alkyl halides is 1. The molecule has 0 aromatic heterocycles. The molecule has 12 heavy (non-hydrogen) atoms. The summed E-state index contributed by atoms with van der Waals surface area (Å²) in [6.07, 6.45) is 2.51. The molecule has 1 fully saturated rings. The van der Waals surface area contributed by atoms with E-state index in [4.69, 9.17) is 11.6 Å². The predicted molar refractivity (Wildman–Crippen MR) is 54.7 cm³/mol. The molecule has 2 unspecified atom stereocenters. The van der Waals surface area contributed by atoms with Crippen molar-refractivity contribution in [2.24, 2.45) is 5.92 Å². The average molecular weight is 190 g/mol. The fourth-order valence-electron chi connectivity index (χ4n) is 2.07. The van der Waals surface area contributed by atoms with E-state index in [1.165, 1.54) is 19.4 Å². The van der Waals surface area contributed by atoms with Gasteiger partial charge in [-0.3, -0.25) is 4.90 Å². The molecule has 1 aliphatic rings. The van der Waals surface area contributed by atoms with Crippen molar-refractivity contribution >= 4 is 11.6 Å². The Hall–Kier alpha value is 0.250. The molecule has 0 radical (unpaired) electrons. The number of nitrogens with zero attached hydrogens (tertiary/aromatic N) is 1. The third kappa shape index (κ3) is 2.14. The maximum atomic E-state index is 6.17. The van der Waals surface area contributed by atoms with E-state index in [0.29, 0.717) is 11.3 Å². The molecule has 1 heterocycles. The van der Waals surface area contributed by atoms with Crippen LogP contribution in [0.3, 0.4) is 0 Å². The van der Waals surface area contributed by atoms with Gasteiger partial charge in [-0.1, -0.05) is 20.8 Å². The first-order valence-corrected chi connectivity index (χ1v) is 5.50. The lowest BCUT2D eigenvalue weighted by Crippen LogP contribution is -2.32. The van der Waals surface area contributed by atoms with Gasteiger partial charge in [-0.2, -0.15) is 0 Å². The van der Waals surface area contributed by atoms with E-state index in [9.17, 15) is 0 Å². The Labute approximate surface area is 81.1 Å². The highest BCUT2D eigenvalue weighted by molar-refractivity contribution is 6.21. The van der Waals surface area contributed by atoms with Crippen LogP contribution in [0.1, 0.15) is 33.6 Å². The normalized spacial score (nSPS) is 31.8. The van der Waals surface area contributed by atoms with Crippen LogP contribution in [0.4, 0.5) is 0 Å². The number of halogens is 1. The van der Waals surface area contributed by atoms with Crippen LogP contribution < -0.4 is 0 Å². The van der Waals surface area contributed by atoms with Gasteiger partial charge in [0.25, 0.3) is 0 Å². The maximum absolute atomic E-state index is 6.17. The number of hydrogen-bond donors (Lipinski definition) is 0. The molecule has 0 bridgehead atoms. The summed E-state index contributed by atoms with van der Waals surface area (Å²) in [6, 6.07) is 0.760. The third-order valence-corrected chi connectivity index (χ3v) is 3.58. The molecule has 0 N–H and O–H groups in total. The smallest absolute Gasteiger partial charge is 0.0501 e. The molecule has 2 atom stereocenters. The minimum absolute atomic E-state index is 0.380. The van der Waals surface area contributed by atoms with Crippen molar-refractivity contribution in [2.45, 2.75) is 45.0 Å². The lowest BCUT2D eigenvalue weighted by Gasteiger charge is -2.25. The molecule has 72 valence electrons. The van der Waals surface area contributed by atoms with E-state index >= 15 is 0 Å². The first-order valence-electron chi connectivity index (χ1n) is 5.07. The van der Waals surface area contributed by atoms with Crippen LogP contribution in [-0.4, -0.2) is 29.4 Å². The third-order valence-electron chi connectivity index (χ3n) is 3.01. The standard InChI is InChI=1S/C10H20ClN/c1-4-9(5-2)12-6-8(3)10(11)7-12/h8-10H,4-7H2,1-3H3. The van der Waals surface area contributed by atoms with Gasteiger partial charge in [-0.25, -0.2) is 0 Å². The molecular weight excluding hydrogens is 170 g/mol. The predicted octanol–water partition coefficient (Wildman–Crippen LogP) is 2.73. The topological polar surface area (TPSA) is 3.24 Å². The summed E-state index contributed by atoms with van der Waals surface area (Å²) in [4.78, 5) is 2.54. The second-order valence-electron chi connectivity index (χ2n) is 3.92. The van der Waals surface area contributed by atoms with Gasteiger partial charge in [0, 0.05) is 19.1 Å². The van der Waals surface area contributed by atoms with Crippen LogP contribution in [0, 0.1) is 5.92 Å². The van der Waals surface area contributed by atoms with E-state index in [1.807, 2.05) is 0 Å². The van der Waals surface area contributed by atoms with Crippen molar-refractivity contribution in [3.63, 3.8) is 0 Å². The summed E-state index contributed by atoms with van der Waals surface area (Å²) in [5.41, 5.74) is 0. The molecule has 0 aromatic rings. The lowest BCUT2D eigenvalue weighted by atomic mass is 10.1. The monoisotopic (exact) mass is 189 g/mol. The van der Waals surface area contributed by atoms with Crippen molar-refractivity contribution in [1.82, 2.24) is 4.90 Å². The molecule has 1 rings (SSSR count). The highest BCUT2D eigenvalue weighted by Crippen LogP contribution is 2.25. The Morgan fingerprint density at radius 2 is 1.92 bits per heavy atom.